The van der Waals surface area contributed by atoms with Crippen molar-refractivity contribution >= 4 is 46.8 Å². The monoisotopic (exact) mass is 618 g/mol. The zero-order valence-electron chi connectivity index (χ0n) is 24.8. The van der Waals surface area contributed by atoms with Crippen molar-refractivity contribution in [1.82, 2.24) is 29.7 Å². The van der Waals surface area contributed by atoms with Crippen LogP contribution in [-0.2, 0) is 16.1 Å². The number of aryl methyl sites for hydroxylation is 1. The van der Waals surface area contributed by atoms with Gasteiger partial charge in [-0.05, 0) is 50.0 Å². The quantitative estimate of drug-likeness (QED) is 0.270. The number of benzene rings is 1. The van der Waals surface area contributed by atoms with Gasteiger partial charge in [-0.25, -0.2) is 15.0 Å². The summed E-state index contributed by atoms with van der Waals surface area (Å²) in [5, 5.41) is 10.2. The molecule has 2 aliphatic heterocycles. The molecule has 2 fully saturated rings. The van der Waals surface area contributed by atoms with Gasteiger partial charge < -0.3 is 30.2 Å². The summed E-state index contributed by atoms with van der Waals surface area (Å²) in [5.74, 6) is 2.28. The highest BCUT2D eigenvalue weighted by Gasteiger charge is 2.30. The molecule has 1 saturated carbocycles. The Kier molecular flexibility index (Phi) is 9.60. The molecule has 12 heteroatoms. The van der Waals surface area contributed by atoms with E-state index in [0.717, 1.165) is 57.4 Å². The van der Waals surface area contributed by atoms with E-state index in [4.69, 9.17) is 16.3 Å². The average molecular weight is 619 g/mol. The van der Waals surface area contributed by atoms with E-state index in [2.05, 4.69) is 30.9 Å². The molecule has 11 nitrogen and oxygen atoms in total. The summed E-state index contributed by atoms with van der Waals surface area (Å²) in [6, 6.07) is 5.57. The van der Waals surface area contributed by atoms with E-state index in [-0.39, 0.29) is 17.9 Å². The van der Waals surface area contributed by atoms with Crippen LogP contribution in [-0.4, -0.2) is 68.5 Å². The van der Waals surface area contributed by atoms with Crippen molar-refractivity contribution in [3.63, 3.8) is 0 Å². The van der Waals surface area contributed by atoms with Crippen molar-refractivity contribution < 1.29 is 14.3 Å². The lowest BCUT2D eigenvalue weighted by Crippen LogP contribution is -2.44. The maximum Gasteiger partial charge on any atom is 0.247 e. The van der Waals surface area contributed by atoms with E-state index in [1.165, 1.54) is 19.2 Å². The van der Waals surface area contributed by atoms with Gasteiger partial charge in [0, 0.05) is 75.1 Å². The standard InChI is InChI=1S/C32H39ClN8O3/c33-27-19-24(6-7-28(27)44-25-9-15-41(16-10-25)32(43)22-4-1-2-5-22)39-30-26-18-23(8-12-35-29(26)37-20-38-30)31(42)36-11-3-14-40-17-13-34-21-40/h6-7,13,17-22,25H,1-5,8-12,14-16H2,(H,36,42)(H2,35,37,38,39). The van der Waals surface area contributed by atoms with Crippen molar-refractivity contribution in [1.29, 1.82) is 0 Å². The summed E-state index contributed by atoms with van der Waals surface area (Å²) < 4.78 is 8.25. The van der Waals surface area contributed by atoms with Gasteiger partial charge in [0.15, 0.2) is 0 Å². The predicted molar refractivity (Wildman–Crippen MR) is 170 cm³/mol. The van der Waals surface area contributed by atoms with E-state index in [9.17, 15) is 9.59 Å². The first-order valence-corrected chi connectivity index (χ1v) is 16.0. The molecule has 4 heterocycles. The molecule has 232 valence electrons. The molecule has 1 aliphatic carbocycles. The van der Waals surface area contributed by atoms with Crippen molar-refractivity contribution in [2.75, 3.05) is 36.8 Å². The summed E-state index contributed by atoms with van der Waals surface area (Å²) in [7, 11) is 0. The van der Waals surface area contributed by atoms with Crippen LogP contribution in [0.4, 0.5) is 17.3 Å². The van der Waals surface area contributed by atoms with Crippen LogP contribution in [0.2, 0.25) is 5.02 Å². The SMILES string of the molecule is O=C(NCCCn1ccnc1)C1=Cc2c(ncnc2Nc2ccc(OC3CCN(C(=O)C4CCCC4)CC3)c(Cl)c2)NCC1. The van der Waals surface area contributed by atoms with Gasteiger partial charge in [-0.3, -0.25) is 9.59 Å². The van der Waals surface area contributed by atoms with E-state index in [1.54, 1.807) is 12.5 Å². The number of likely N-dealkylation sites (tertiary alicyclic amines) is 1. The van der Waals surface area contributed by atoms with Crippen LogP contribution in [0.25, 0.3) is 6.08 Å². The van der Waals surface area contributed by atoms with E-state index < -0.39 is 0 Å². The summed E-state index contributed by atoms with van der Waals surface area (Å²) in [6.07, 6.45) is 16.1. The molecule has 3 aromatic rings. The number of hydrogen-bond acceptors (Lipinski definition) is 8. The van der Waals surface area contributed by atoms with E-state index in [1.807, 2.05) is 39.9 Å². The lowest BCUT2D eigenvalue weighted by molar-refractivity contribution is -0.137. The Bertz CT molecular complexity index is 1480. The highest BCUT2D eigenvalue weighted by Crippen LogP contribution is 2.34. The Hall–Kier alpha value is -4.12. The van der Waals surface area contributed by atoms with Gasteiger partial charge in [0.2, 0.25) is 11.8 Å². The molecule has 3 aliphatic rings. The van der Waals surface area contributed by atoms with Crippen LogP contribution in [0.1, 0.15) is 56.9 Å². The molecular weight excluding hydrogens is 580 g/mol. The number of ether oxygens (including phenoxy) is 1. The number of rotatable bonds is 10. The van der Waals surface area contributed by atoms with Gasteiger partial charge in [0.05, 0.1) is 16.9 Å². The number of fused-ring (bicyclic) bond motifs is 1. The Balaban J connectivity index is 1.06. The van der Waals surface area contributed by atoms with Crippen molar-refractivity contribution in [2.45, 2.75) is 64.0 Å². The number of carbonyl (C=O) groups is 2. The van der Waals surface area contributed by atoms with Crippen LogP contribution in [0, 0.1) is 5.92 Å². The zero-order valence-corrected chi connectivity index (χ0v) is 25.6. The molecule has 0 unspecified atom stereocenters. The molecule has 0 atom stereocenters. The summed E-state index contributed by atoms with van der Waals surface area (Å²) in [6.45, 7) is 3.39. The number of hydrogen-bond donors (Lipinski definition) is 3. The largest absolute Gasteiger partial charge is 0.489 e. The summed E-state index contributed by atoms with van der Waals surface area (Å²) >= 11 is 6.66. The average Bonchev–Trinajstić information content (AvgIpc) is 3.72. The fourth-order valence-corrected chi connectivity index (χ4v) is 6.35. The zero-order chi connectivity index (χ0) is 30.3. The topological polar surface area (TPSA) is 126 Å². The summed E-state index contributed by atoms with van der Waals surface area (Å²) in [4.78, 5) is 40.7. The van der Waals surface area contributed by atoms with Gasteiger partial charge in [0.25, 0.3) is 0 Å². The highest BCUT2D eigenvalue weighted by atomic mass is 35.5. The molecule has 2 aromatic heterocycles. The van der Waals surface area contributed by atoms with Crippen LogP contribution in [0.15, 0.2) is 48.8 Å². The van der Waals surface area contributed by atoms with Gasteiger partial charge in [-0.1, -0.05) is 24.4 Å². The molecule has 6 rings (SSSR count). The predicted octanol–water partition coefficient (Wildman–Crippen LogP) is 5.04. The maximum atomic E-state index is 13.0. The van der Waals surface area contributed by atoms with Gasteiger partial charge in [-0.15, -0.1) is 0 Å². The van der Waals surface area contributed by atoms with Crippen LogP contribution < -0.4 is 20.7 Å². The maximum absolute atomic E-state index is 13.0. The minimum Gasteiger partial charge on any atom is -0.489 e. The normalized spacial score (nSPS) is 17.3. The number of carbonyl (C=O) groups excluding carboxylic acids is 2. The first kappa shape index (κ1) is 29.9. The molecule has 1 aromatic carbocycles. The second-order valence-corrected chi connectivity index (χ2v) is 12.0. The van der Waals surface area contributed by atoms with Crippen LogP contribution in [0.3, 0.4) is 0 Å². The van der Waals surface area contributed by atoms with Crippen molar-refractivity contribution in [2.24, 2.45) is 5.92 Å². The third-order valence-electron chi connectivity index (χ3n) is 8.57. The number of aromatic nitrogens is 4. The Morgan fingerprint density at radius 2 is 1.95 bits per heavy atom. The van der Waals surface area contributed by atoms with E-state index >= 15 is 0 Å². The Morgan fingerprint density at radius 1 is 1.11 bits per heavy atom. The number of halogens is 1. The van der Waals surface area contributed by atoms with Crippen LogP contribution in [0.5, 0.6) is 5.75 Å². The number of piperidine rings is 1. The molecule has 2 amide bonds. The molecular formula is C32H39ClN8O3. The second kappa shape index (κ2) is 14.1. The van der Waals surface area contributed by atoms with Gasteiger partial charge in [-0.2, -0.15) is 0 Å². The van der Waals surface area contributed by atoms with Crippen molar-refractivity contribution in [3.8, 4) is 5.75 Å². The second-order valence-electron chi connectivity index (χ2n) is 11.6. The Labute approximate surface area is 262 Å². The first-order valence-electron chi connectivity index (χ1n) is 15.6. The number of nitrogens with zero attached hydrogens (tertiary/aromatic N) is 5. The third kappa shape index (κ3) is 7.32. The fourth-order valence-electron chi connectivity index (χ4n) is 6.13. The van der Waals surface area contributed by atoms with Crippen LogP contribution >= 0.6 is 11.6 Å². The lowest BCUT2D eigenvalue weighted by Gasteiger charge is -2.33. The minimum atomic E-state index is -0.0987. The molecule has 0 bridgehead atoms. The van der Waals surface area contributed by atoms with Crippen molar-refractivity contribution in [3.05, 3.63) is 59.4 Å². The fraction of sp³-hybridized carbons (Fsp3) is 0.469. The molecule has 1 saturated heterocycles. The van der Waals surface area contributed by atoms with E-state index in [0.29, 0.717) is 59.0 Å². The number of imidazole rings is 1. The Morgan fingerprint density at radius 3 is 2.73 bits per heavy atom. The van der Waals surface area contributed by atoms with Gasteiger partial charge >= 0.3 is 0 Å². The lowest BCUT2D eigenvalue weighted by atomic mass is 10.0. The highest BCUT2D eigenvalue weighted by molar-refractivity contribution is 6.32. The van der Waals surface area contributed by atoms with Gasteiger partial charge in [0.1, 0.15) is 29.8 Å². The number of amides is 2. The molecule has 0 radical (unpaired) electrons. The first-order chi connectivity index (χ1) is 21.5. The third-order valence-corrected chi connectivity index (χ3v) is 8.86. The number of nitrogens with one attached hydrogen (secondary N) is 3. The smallest absolute Gasteiger partial charge is 0.247 e. The molecule has 3 N–H and O–H groups in total. The minimum absolute atomic E-state index is 0.0169. The number of anilines is 3. The molecule has 0 spiro atoms. The molecule has 44 heavy (non-hydrogen) atoms. The summed E-state index contributed by atoms with van der Waals surface area (Å²) in [5.41, 5.74) is 2.11.